The van der Waals surface area contributed by atoms with Crippen molar-refractivity contribution >= 4 is 5.97 Å². The van der Waals surface area contributed by atoms with Crippen LogP contribution in [0, 0.1) is 0 Å². The van der Waals surface area contributed by atoms with Crippen LogP contribution in [-0.2, 0) is 4.79 Å². The zero-order valence-corrected chi connectivity index (χ0v) is 18.3. The first-order chi connectivity index (χ1) is 12.7. The van der Waals surface area contributed by atoms with Crippen LogP contribution >= 0.6 is 0 Å². The van der Waals surface area contributed by atoms with Gasteiger partial charge >= 0.3 is 12.1 Å². The molecule has 0 saturated heterocycles. The highest BCUT2D eigenvalue weighted by molar-refractivity contribution is 5.70. The minimum atomic E-state index is -0.864. The third-order valence-electron chi connectivity index (χ3n) is 5.52. The van der Waals surface area contributed by atoms with Crippen LogP contribution < -0.4 is 0 Å². The van der Waals surface area contributed by atoms with Gasteiger partial charge < -0.3 is 15.3 Å². The lowest BCUT2D eigenvalue weighted by Crippen LogP contribution is -2.71. The number of nitrogens with zero attached hydrogens (tertiary/aromatic N) is 2. The van der Waals surface area contributed by atoms with E-state index in [4.69, 9.17) is 0 Å². The fourth-order valence-electron chi connectivity index (χ4n) is 4.32. The molecule has 0 aliphatic rings. The molecule has 0 rings (SSSR count). The Morgan fingerprint density at radius 3 is 1.48 bits per heavy atom. The number of quaternary nitrogens is 2. The predicted molar refractivity (Wildman–Crippen MR) is 110 cm³/mol. The van der Waals surface area contributed by atoms with Crippen LogP contribution in [0.4, 0.5) is 0 Å². The molecule has 0 aromatic rings. The molecule has 0 bridgehead atoms. The number of hydrogen-bond acceptors (Lipinski definition) is 3. The Bertz CT molecular complexity index is 377. The highest BCUT2D eigenvalue weighted by Crippen LogP contribution is 2.22. The summed E-state index contributed by atoms with van der Waals surface area (Å²) in [5, 5.41) is 29.0. The highest BCUT2D eigenvalue weighted by Gasteiger charge is 2.49. The molecule has 1 atom stereocenters. The molecule has 0 heterocycles. The molecule has 3 N–H and O–H groups in total. The summed E-state index contributed by atoms with van der Waals surface area (Å²) in [6.07, 6.45) is 11.6. The van der Waals surface area contributed by atoms with Gasteiger partial charge in [-0.25, -0.2) is 4.79 Å². The Kier molecular flexibility index (Phi) is 14.0. The lowest BCUT2D eigenvalue weighted by atomic mass is 10.1. The summed E-state index contributed by atoms with van der Waals surface area (Å²) < 4.78 is 0.510. The maximum absolute atomic E-state index is 12.0. The van der Waals surface area contributed by atoms with E-state index < -0.39 is 12.1 Å². The number of aliphatic hydroxyl groups is 2. The van der Waals surface area contributed by atoms with Crippen molar-refractivity contribution in [1.82, 2.24) is 0 Å². The van der Waals surface area contributed by atoms with Gasteiger partial charge in [0.1, 0.15) is 13.1 Å². The van der Waals surface area contributed by atoms with Crippen LogP contribution in [0.2, 0.25) is 0 Å². The second-order valence-electron chi connectivity index (χ2n) is 8.85. The van der Waals surface area contributed by atoms with Crippen molar-refractivity contribution in [3.8, 4) is 0 Å². The summed E-state index contributed by atoms with van der Waals surface area (Å²) in [6, 6.07) is 0. The van der Waals surface area contributed by atoms with E-state index in [-0.39, 0.29) is 22.2 Å². The number of unbranched alkanes of at least 4 members (excludes halogenated alkanes) is 9. The van der Waals surface area contributed by atoms with Gasteiger partial charge in [-0.3, -0.25) is 8.97 Å². The van der Waals surface area contributed by atoms with Gasteiger partial charge in [-0.2, -0.15) is 0 Å². The summed E-state index contributed by atoms with van der Waals surface area (Å²) in [5.74, 6) is -0.864. The number of carbonyl (C=O) groups is 1. The van der Waals surface area contributed by atoms with E-state index in [9.17, 15) is 20.1 Å². The van der Waals surface area contributed by atoms with E-state index >= 15 is 0 Å². The third kappa shape index (κ3) is 10.4. The molecule has 0 aromatic carbocycles. The van der Waals surface area contributed by atoms with Crippen molar-refractivity contribution in [2.24, 2.45) is 0 Å². The maximum atomic E-state index is 12.0. The van der Waals surface area contributed by atoms with E-state index in [0.29, 0.717) is 19.6 Å². The average Bonchev–Trinajstić information content (AvgIpc) is 2.55. The second-order valence-corrected chi connectivity index (χ2v) is 8.85. The molecule has 0 spiro atoms. The van der Waals surface area contributed by atoms with Crippen molar-refractivity contribution in [1.29, 1.82) is 0 Å². The van der Waals surface area contributed by atoms with Crippen LogP contribution in [0.1, 0.15) is 71.1 Å². The fraction of sp³-hybridized carbons (Fsp3) is 0.952. The normalized spacial score (nSPS) is 13.7. The zero-order chi connectivity index (χ0) is 20.8. The molecule has 0 aromatic heterocycles. The second kappa shape index (κ2) is 14.3. The molecule has 0 amide bonds. The first-order valence-electron chi connectivity index (χ1n) is 10.9. The summed E-state index contributed by atoms with van der Waals surface area (Å²) in [5.41, 5.74) is 0. The van der Waals surface area contributed by atoms with Gasteiger partial charge in [0.15, 0.2) is 0 Å². The van der Waals surface area contributed by atoms with Gasteiger partial charge in [0.2, 0.25) is 0 Å². The van der Waals surface area contributed by atoms with Crippen LogP contribution in [-0.4, -0.2) is 90.4 Å². The van der Waals surface area contributed by atoms with Crippen LogP contribution in [0.15, 0.2) is 0 Å². The minimum Gasteiger partial charge on any atom is -0.472 e. The number of likely N-dealkylation sites (N-methyl/N-ethyl adjacent to an activating group) is 1. The maximum Gasteiger partial charge on any atom is 0.423 e. The number of carboxylic acid groups (broad SMARTS) is 1. The molecular weight excluding hydrogens is 344 g/mol. The van der Waals surface area contributed by atoms with Crippen molar-refractivity contribution in [2.75, 3.05) is 54.0 Å². The molecule has 0 aliphatic carbocycles. The SMILES string of the molecule is CCCCCCCCCCCC[N+](CCO)(CCO)C(C(=O)O)[N+](C)(C)C. The van der Waals surface area contributed by atoms with Crippen LogP contribution in [0.5, 0.6) is 0 Å². The number of carboxylic acids is 1. The van der Waals surface area contributed by atoms with E-state index in [1.54, 1.807) is 0 Å². The summed E-state index contributed by atoms with van der Waals surface area (Å²) in [4.78, 5) is 12.0. The Morgan fingerprint density at radius 1 is 0.741 bits per heavy atom. The molecule has 1 unspecified atom stereocenters. The molecular formula is C21H46N2O4+2. The number of hydrogen-bond donors (Lipinski definition) is 3. The van der Waals surface area contributed by atoms with Crippen LogP contribution in [0.3, 0.4) is 0 Å². The van der Waals surface area contributed by atoms with Crippen LogP contribution in [0.25, 0.3) is 0 Å². The standard InChI is InChI=1S/C21H45N2O4/c1-5-6-7-8-9-10-11-12-13-14-15-23(16-18-24,17-19-25)20(21(26)27)22(2,3)4/h20,24-25H,5-19H2,1-4H3/q+1/p+1. The smallest absolute Gasteiger partial charge is 0.423 e. The highest BCUT2D eigenvalue weighted by atomic mass is 16.4. The van der Waals surface area contributed by atoms with Crippen molar-refractivity contribution in [3.05, 3.63) is 0 Å². The van der Waals surface area contributed by atoms with E-state index in [1.165, 1.54) is 51.4 Å². The molecule has 162 valence electrons. The molecule has 0 radical (unpaired) electrons. The van der Waals surface area contributed by atoms with E-state index in [2.05, 4.69) is 6.92 Å². The summed E-state index contributed by atoms with van der Waals surface area (Å²) >= 11 is 0. The van der Waals surface area contributed by atoms with Crippen molar-refractivity contribution in [2.45, 2.75) is 77.3 Å². The number of aliphatic hydroxyl groups excluding tert-OH is 2. The first-order valence-corrected chi connectivity index (χ1v) is 10.9. The summed E-state index contributed by atoms with van der Waals surface area (Å²) in [6.45, 7) is 3.52. The Hall–Kier alpha value is -0.690. The van der Waals surface area contributed by atoms with Crippen molar-refractivity contribution < 1.29 is 29.1 Å². The van der Waals surface area contributed by atoms with Gasteiger partial charge in [0, 0.05) is 0 Å². The molecule has 0 aliphatic heterocycles. The molecule has 0 saturated carbocycles. The molecule has 6 nitrogen and oxygen atoms in total. The van der Waals surface area contributed by atoms with Gasteiger partial charge in [-0.1, -0.05) is 58.3 Å². The predicted octanol–water partition coefficient (Wildman–Crippen LogP) is 2.83. The fourth-order valence-corrected chi connectivity index (χ4v) is 4.32. The Morgan fingerprint density at radius 2 is 1.15 bits per heavy atom. The van der Waals surface area contributed by atoms with Gasteiger partial charge in [-0.15, -0.1) is 0 Å². The molecule has 6 heteroatoms. The van der Waals surface area contributed by atoms with Crippen molar-refractivity contribution in [3.63, 3.8) is 0 Å². The first kappa shape index (κ1) is 26.3. The van der Waals surface area contributed by atoms with Gasteiger partial charge in [-0.05, 0) is 12.8 Å². The largest absolute Gasteiger partial charge is 0.472 e. The summed E-state index contributed by atoms with van der Waals surface area (Å²) in [7, 11) is 5.62. The average molecular weight is 391 g/mol. The quantitative estimate of drug-likeness (QED) is 0.191. The third-order valence-corrected chi connectivity index (χ3v) is 5.52. The lowest BCUT2D eigenvalue weighted by Gasteiger charge is -2.46. The van der Waals surface area contributed by atoms with E-state index in [0.717, 1.165) is 12.8 Å². The Labute approximate surface area is 167 Å². The van der Waals surface area contributed by atoms with E-state index in [1.807, 2.05) is 21.1 Å². The monoisotopic (exact) mass is 390 g/mol. The lowest BCUT2D eigenvalue weighted by molar-refractivity contribution is -1.10. The number of aliphatic carboxylic acids is 1. The topological polar surface area (TPSA) is 77.8 Å². The minimum absolute atomic E-state index is 0.0679. The molecule has 0 fully saturated rings. The Balaban J connectivity index is 4.60. The van der Waals surface area contributed by atoms with Gasteiger partial charge in [0.05, 0.1) is 40.9 Å². The molecule has 27 heavy (non-hydrogen) atoms. The number of rotatable bonds is 18. The van der Waals surface area contributed by atoms with Gasteiger partial charge in [0.25, 0.3) is 0 Å². The zero-order valence-electron chi connectivity index (χ0n) is 18.3.